The predicted molar refractivity (Wildman–Crippen MR) is 180 cm³/mol. The number of carbonyl (C=O) groups is 7. The number of carbonyl (C=O) groups excluding carboxylic acids is 7. The summed E-state index contributed by atoms with van der Waals surface area (Å²) in [5.74, 6) is -1.99. The zero-order valence-corrected chi connectivity index (χ0v) is 29.2. The van der Waals surface area contributed by atoms with Crippen LogP contribution in [0.1, 0.15) is 85.6 Å². The molecule has 13 heteroatoms. The van der Waals surface area contributed by atoms with Crippen molar-refractivity contribution in [2.75, 3.05) is 25.5 Å². The molecule has 0 spiro atoms. The van der Waals surface area contributed by atoms with Gasteiger partial charge in [0.1, 0.15) is 24.5 Å². The fourth-order valence-electron chi connectivity index (χ4n) is 4.67. The van der Waals surface area contributed by atoms with Crippen LogP contribution in [-0.2, 0) is 40.1 Å². The monoisotopic (exact) mass is 669 g/mol. The van der Waals surface area contributed by atoms with Crippen LogP contribution >= 0.6 is 0 Å². The van der Waals surface area contributed by atoms with Gasteiger partial charge in [0.2, 0.25) is 17.7 Å². The number of rotatable bonds is 18. The summed E-state index contributed by atoms with van der Waals surface area (Å²) >= 11 is 0. The molecule has 48 heavy (non-hydrogen) atoms. The lowest BCUT2D eigenvalue weighted by Crippen LogP contribution is -2.53. The third-order valence-corrected chi connectivity index (χ3v) is 7.83. The summed E-state index contributed by atoms with van der Waals surface area (Å²) < 4.78 is 5.36. The van der Waals surface area contributed by atoms with Gasteiger partial charge >= 0.3 is 6.09 Å². The van der Waals surface area contributed by atoms with E-state index in [1.54, 1.807) is 52.1 Å². The number of nitrogens with one attached hydrogen (secondary N) is 3. The Kier molecular flexibility index (Phi) is 15.4. The Balaban J connectivity index is 1.73. The highest BCUT2D eigenvalue weighted by molar-refractivity contribution is 6.12. The van der Waals surface area contributed by atoms with Crippen LogP contribution in [-0.4, -0.2) is 83.4 Å². The van der Waals surface area contributed by atoms with Crippen LogP contribution in [0.3, 0.4) is 0 Å². The minimum atomic E-state index is -0.893. The molecule has 1 aliphatic heterocycles. The molecule has 0 saturated carbocycles. The molecule has 1 heterocycles. The quantitative estimate of drug-likeness (QED) is 0.157. The second kappa shape index (κ2) is 18.7. The second-order valence-electron chi connectivity index (χ2n) is 13.4. The number of ketones is 1. The number of unbranched alkanes of at least 4 members (excludes halogenated alkanes) is 2. The summed E-state index contributed by atoms with van der Waals surface area (Å²) in [6.45, 7) is 11.5. The van der Waals surface area contributed by atoms with E-state index in [9.17, 15) is 33.6 Å². The van der Waals surface area contributed by atoms with Gasteiger partial charge in [-0.2, -0.15) is 0 Å². The minimum Gasteiger partial charge on any atom is -0.445 e. The molecule has 13 nitrogen and oxygen atoms in total. The van der Waals surface area contributed by atoms with Crippen molar-refractivity contribution in [1.29, 1.82) is 0 Å². The Labute approximate surface area is 283 Å². The van der Waals surface area contributed by atoms with Gasteiger partial charge in [0.05, 0.1) is 0 Å². The van der Waals surface area contributed by atoms with Crippen molar-refractivity contribution in [2.45, 2.75) is 98.8 Å². The molecule has 0 aliphatic carbocycles. The lowest BCUT2D eigenvalue weighted by Gasteiger charge is -2.24. The van der Waals surface area contributed by atoms with Crippen LogP contribution in [0.25, 0.3) is 0 Å². The van der Waals surface area contributed by atoms with E-state index in [0.717, 1.165) is 4.90 Å². The highest BCUT2D eigenvalue weighted by Gasteiger charge is 2.27. The van der Waals surface area contributed by atoms with E-state index in [2.05, 4.69) is 16.0 Å². The van der Waals surface area contributed by atoms with Crippen molar-refractivity contribution in [3.63, 3.8) is 0 Å². The summed E-state index contributed by atoms with van der Waals surface area (Å²) in [5.41, 5.74) is 0.792. The molecule has 0 radical (unpaired) electrons. The molecule has 6 amide bonds. The summed E-state index contributed by atoms with van der Waals surface area (Å²) in [4.78, 5) is 88.5. The van der Waals surface area contributed by atoms with Crippen molar-refractivity contribution < 1.29 is 38.3 Å². The number of hydrogen-bond donors (Lipinski definition) is 3. The normalized spacial score (nSPS) is 14.0. The fourth-order valence-corrected chi connectivity index (χ4v) is 4.67. The molecule has 0 bridgehead atoms. The number of anilines is 1. The maximum absolute atomic E-state index is 13.0. The van der Waals surface area contributed by atoms with E-state index in [1.807, 2.05) is 20.8 Å². The molecule has 2 rings (SSSR count). The van der Waals surface area contributed by atoms with Gasteiger partial charge in [-0.25, -0.2) is 4.79 Å². The Morgan fingerprint density at radius 2 is 1.46 bits per heavy atom. The van der Waals surface area contributed by atoms with Gasteiger partial charge in [0.15, 0.2) is 0 Å². The molecule has 0 aromatic heterocycles. The first-order chi connectivity index (χ1) is 22.5. The first-order valence-corrected chi connectivity index (χ1v) is 16.4. The summed E-state index contributed by atoms with van der Waals surface area (Å²) in [6, 6.07) is 5.00. The molecular formula is C35H51N5O8. The van der Waals surface area contributed by atoms with Crippen molar-refractivity contribution in [2.24, 2.45) is 11.3 Å². The van der Waals surface area contributed by atoms with Gasteiger partial charge in [0.25, 0.3) is 11.8 Å². The van der Waals surface area contributed by atoms with E-state index < -0.39 is 35.4 Å². The molecule has 0 fully saturated rings. The van der Waals surface area contributed by atoms with Gasteiger partial charge in [-0.1, -0.05) is 53.2 Å². The number of hydrogen-bond acceptors (Lipinski definition) is 8. The molecule has 3 N–H and O–H groups in total. The van der Waals surface area contributed by atoms with Gasteiger partial charge in [-0.05, 0) is 49.8 Å². The lowest BCUT2D eigenvalue weighted by atomic mass is 9.88. The smallest absolute Gasteiger partial charge is 0.409 e. The van der Waals surface area contributed by atoms with Crippen LogP contribution in [0.15, 0.2) is 36.4 Å². The molecular weight excluding hydrogens is 618 g/mol. The van der Waals surface area contributed by atoms with E-state index >= 15 is 0 Å². The van der Waals surface area contributed by atoms with Crippen molar-refractivity contribution >= 4 is 47.1 Å². The third kappa shape index (κ3) is 13.3. The Morgan fingerprint density at radius 1 is 0.833 bits per heavy atom. The first-order valence-electron chi connectivity index (χ1n) is 16.4. The number of Topliss-reactive ketones (excluding diaryl/α,β-unsaturated/α-hetero) is 1. The lowest BCUT2D eigenvalue weighted by molar-refractivity contribution is -0.137. The molecule has 0 saturated heterocycles. The summed E-state index contributed by atoms with van der Waals surface area (Å²) in [5, 5.41) is 8.15. The minimum absolute atomic E-state index is 0.0332. The molecule has 1 aromatic rings. The van der Waals surface area contributed by atoms with E-state index in [-0.39, 0.29) is 42.5 Å². The van der Waals surface area contributed by atoms with Crippen LogP contribution in [0.4, 0.5) is 10.5 Å². The van der Waals surface area contributed by atoms with Crippen molar-refractivity contribution in [1.82, 2.24) is 20.4 Å². The van der Waals surface area contributed by atoms with Gasteiger partial charge in [0, 0.05) is 56.2 Å². The van der Waals surface area contributed by atoms with Gasteiger partial charge in [-0.3, -0.25) is 33.7 Å². The van der Waals surface area contributed by atoms with Crippen molar-refractivity contribution in [3.8, 4) is 0 Å². The highest BCUT2D eigenvalue weighted by atomic mass is 16.6. The van der Waals surface area contributed by atoms with E-state index in [0.29, 0.717) is 56.4 Å². The Hall–Kier alpha value is -4.55. The predicted octanol–water partition coefficient (Wildman–Crippen LogP) is 3.72. The topological polar surface area (TPSA) is 171 Å². The number of nitrogens with zero attached hydrogens (tertiary/aromatic N) is 2. The van der Waals surface area contributed by atoms with E-state index in [4.69, 9.17) is 4.74 Å². The SMILES string of the molecule is CC(C)[C@H](NC(=O)CCCCCN1C(=O)C=CC1=O)C(=O)N[C@@H](C)C(=O)Nc1ccc(COC(=O)N(C)CCCC(=O)C(C)(C)C)cc1. The maximum Gasteiger partial charge on any atom is 0.409 e. The Morgan fingerprint density at radius 3 is 2.04 bits per heavy atom. The van der Waals surface area contributed by atoms with Gasteiger partial charge < -0.3 is 25.6 Å². The molecule has 1 aromatic carbocycles. The molecule has 264 valence electrons. The first kappa shape index (κ1) is 39.6. The zero-order valence-electron chi connectivity index (χ0n) is 29.2. The van der Waals surface area contributed by atoms with E-state index in [1.165, 1.54) is 17.1 Å². The van der Waals surface area contributed by atoms with Crippen molar-refractivity contribution in [3.05, 3.63) is 42.0 Å². The second-order valence-corrected chi connectivity index (χ2v) is 13.4. The largest absolute Gasteiger partial charge is 0.445 e. The number of benzene rings is 1. The van der Waals surface area contributed by atoms with Crippen LogP contribution in [0.2, 0.25) is 0 Å². The summed E-state index contributed by atoms with van der Waals surface area (Å²) in [6.07, 6.45) is 4.83. The molecule has 1 aliphatic rings. The highest BCUT2D eigenvalue weighted by Crippen LogP contribution is 2.18. The maximum atomic E-state index is 13.0. The number of ether oxygens (including phenoxy) is 1. The van der Waals surface area contributed by atoms with Crippen LogP contribution in [0, 0.1) is 11.3 Å². The zero-order chi connectivity index (χ0) is 36.0. The van der Waals surface area contributed by atoms with Crippen LogP contribution < -0.4 is 16.0 Å². The number of imide groups is 1. The molecule has 2 atom stereocenters. The third-order valence-electron chi connectivity index (χ3n) is 7.83. The average Bonchev–Trinajstić information content (AvgIpc) is 3.34. The standard InChI is InChI=1S/C35H51N5O8/c1-23(2)31(38-28(42)13-9-8-10-21-40-29(43)18-19-30(40)44)33(46)36-24(3)32(45)37-26-16-14-25(15-17-26)22-48-34(47)39(7)20-11-12-27(41)35(4,5)6/h14-19,23-24,31H,8-13,20-22H2,1-7H3,(H,36,46)(H,37,45)(H,38,42)/t24-,31-/m0/s1. The van der Waals surface area contributed by atoms with Crippen LogP contribution in [0.5, 0.6) is 0 Å². The fraction of sp³-hybridized carbons (Fsp3) is 0.571. The Bertz CT molecular complexity index is 1330. The summed E-state index contributed by atoms with van der Waals surface area (Å²) in [7, 11) is 1.62. The average molecular weight is 670 g/mol. The number of amides is 6. The van der Waals surface area contributed by atoms with Gasteiger partial charge in [-0.15, -0.1) is 0 Å². The molecule has 0 unspecified atom stereocenters.